The van der Waals surface area contributed by atoms with E-state index in [-0.39, 0.29) is 5.70 Å². The van der Waals surface area contributed by atoms with Crippen LogP contribution in [0, 0.1) is 0 Å². The molecule has 1 fully saturated rings. The first kappa shape index (κ1) is 14.8. The van der Waals surface area contributed by atoms with Crippen LogP contribution < -0.4 is 10.2 Å². The molecule has 0 atom stereocenters. The van der Waals surface area contributed by atoms with Gasteiger partial charge in [-0.25, -0.2) is 9.69 Å². The third-order valence-electron chi connectivity index (χ3n) is 3.10. The molecule has 1 heterocycles. The molecule has 0 bridgehead atoms. The number of benzene rings is 2. The Labute approximate surface area is 140 Å². The third kappa shape index (κ3) is 2.91. The SMILES string of the molecule is O=C1NC(=Cc2cccc(Br)c2)C(=O)N1c1cccc(Cl)c1. The van der Waals surface area contributed by atoms with Gasteiger partial charge in [-0.05, 0) is 42.0 Å². The highest BCUT2D eigenvalue weighted by molar-refractivity contribution is 9.10. The highest BCUT2D eigenvalue weighted by atomic mass is 79.9. The molecule has 110 valence electrons. The molecule has 0 aliphatic carbocycles. The zero-order valence-electron chi connectivity index (χ0n) is 11.2. The molecule has 1 N–H and O–H groups in total. The van der Waals surface area contributed by atoms with Crippen molar-refractivity contribution >= 4 is 51.2 Å². The van der Waals surface area contributed by atoms with Crippen molar-refractivity contribution in [3.63, 3.8) is 0 Å². The number of hydrogen-bond acceptors (Lipinski definition) is 2. The van der Waals surface area contributed by atoms with Crippen molar-refractivity contribution in [2.24, 2.45) is 0 Å². The maximum absolute atomic E-state index is 12.4. The molecule has 0 radical (unpaired) electrons. The standard InChI is InChI=1S/C16H10BrClN2O2/c17-11-4-1-3-10(7-11)8-14-15(21)20(16(22)19-14)13-6-2-5-12(18)9-13/h1-9H,(H,19,22). The number of halogens is 2. The molecular formula is C16H10BrClN2O2. The largest absolute Gasteiger partial charge is 0.333 e. The fraction of sp³-hybridized carbons (Fsp3) is 0. The Hall–Kier alpha value is -2.11. The number of urea groups is 1. The second-order valence-corrected chi connectivity index (χ2v) is 6.02. The number of carbonyl (C=O) groups is 2. The molecule has 1 saturated heterocycles. The Morgan fingerprint density at radius 3 is 2.59 bits per heavy atom. The number of nitrogens with zero attached hydrogens (tertiary/aromatic N) is 1. The molecule has 0 spiro atoms. The van der Waals surface area contributed by atoms with Gasteiger partial charge in [-0.15, -0.1) is 0 Å². The Morgan fingerprint density at radius 1 is 1.09 bits per heavy atom. The molecular weight excluding hydrogens is 368 g/mol. The second kappa shape index (κ2) is 5.94. The van der Waals surface area contributed by atoms with Gasteiger partial charge in [0.1, 0.15) is 5.70 Å². The summed E-state index contributed by atoms with van der Waals surface area (Å²) in [7, 11) is 0. The molecule has 0 saturated carbocycles. The van der Waals surface area contributed by atoms with Crippen LogP contribution in [-0.4, -0.2) is 11.9 Å². The topological polar surface area (TPSA) is 49.4 Å². The minimum absolute atomic E-state index is 0.225. The van der Waals surface area contributed by atoms with Gasteiger partial charge in [0.05, 0.1) is 5.69 Å². The van der Waals surface area contributed by atoms with Gasteiger partial charge < -0.3 is 5.32 Å². The predicted octanol–water partition coefficient (Wildman–Crippen LogP) is 4.20. The van der Waals surface area contributed by atoms with Gasteiger partial charge >= 0.3 is 6.03 Å². The zero-order valence-corrected chi connectivity index (χ0v) is 13.6. The third-order valence-corrected chi connectivity index (χ3v) is 3.83. The number of nitrogens with one attached hydrogen (secondary N) is 1. The van der Waals surface area contributed by atoms with Crippen molar-refractivity contribution in [1.29, 1.82) is 0 Å². The van der Waals surface area contributed by atoms with E-state index in [9.17, 15) is 9.59 Å². The number of anilines is 1. The molecule has 2 aromatic rings. The van der Waals surface area contributed by atoms with E-state index >= 15 is 0 Å². The minimum Gasteiger partial charge on any atom is -0.302 e. The molecule has 0 aromatic heterocycles. The van der Waals surface area contributed by atoms with E-state index in [2.05, 4.69) is 21.2 Å². The number of carbonyl (C=O) groups excluding carboxylic acids is 2. The summed E-state index contributed by atoms with van der Waals surface area (Å²) in [4.78, 5) is 25.6. The van der Waals surface area contributed by atoms with Crippen LogP contribution in [0.1, 0.15) is 5.56 Å². The Balaban J connectivity index is 1.95. The van der Waals surface area contributed by atoms with Gasteiger partial charge in [0.25, 0.3) is 5.91 Å². The first-order valence-electron chi connectivity index (χ1n) is 6.43. The van der Waals surface area contributed by atoms with E-state index in [1.165, 1.54) is 0 Å². The number of imide groups is 1. The molecule has 4 nitrogen and oxygen atoms in total. The summed E-state index contributed by atoms with van der Waals surface area (Å²) in [6.07, 6.45) is 1.63. The highest BCUT2D eigenvalue weighted by Crippen LogP contribution is 2.25. The maximum atomic E-state index is 12.4. The highest BCUT2D eigenvalue weighted by Gasteiger charge is 2.34. The number of amides is 3. The van der Waals surface area contributed by atoms with Crippen LogP contribution >= 0.6 is 27.5 Å². The summed E-state index contributed by atoms with van der Waals surface area (Å²) in [5.41, 5.74) is 1.47. The molecule has 6 heteroatoms. The summed E-state index contributed by atoms with van der Waals surface area (Å²) in [6.45, 7) is 0. The lowest BCUT2D eigenvalue weighted by Crippen LogP contribution is -2.30. The maximum Gasteiger partial charge on any atom is 0.333 e. The summed E-state index contributed by atoms with van der Waals surface area (Å²) in [6, 6.07) is 13.5. The van der Waals surface area contributed by atoms with Crippen molar-refractivity contribution in [3.05, 3.63) is 69.3 Å². The summed E-state index contributed by atoms with van der Waals surface area (Å²) in [5, 5.41) is 3.04. The fourth-order valence-electron chi connectivity index (χ4n) is 2.15. The van der Waals surface area contributed by atoms with Gasteiger partial charge in [0.2, 0.25) is 0 Å². The van der Waals surface area contributed by atoms with Crippen LogP contribution in [0.15, 0.2) is 58.7 Å². The van der Waals surface area contributed by atoms with Gasteiger partial charge in [-0.3, -0.25) is 4.79 Å². The van der Waals surface area contributed by atoms with Crippen LogP contribution in [0.3, 0.4) is 0 Å². The van der Waals surface area contributed by atoms with E-state index in [1.54, 1.807) is 30.3 Å². The molecule has 2 aromatic carbocycles. The lowest BCUT2D eigenvalue weighted by molar-refractivity contribution is -0.113. The average Bonchev–Trinajstić information content (AvgIpc) is 2.73. The van der Waals surface area contributed by atoms with E-state index in [1.807, 2.05) is 24.3 Å². The van der Waals surface area contributed by atoms with Gasteiger partial charge in [-0.2, -0.15) is 0 Å². The van der Waals surface area contributed by atoms with E-state index in [4.69, 9.17) is 11.6 Å². The second-order valence-electron chi connectivity index (χ2n) is 4.66. The normalized spacial score (nSPS) is 16.3. The first-order valence-corrected chi connectivity index (χ1v) is 7.60. The van der Waals surface area contributed by atoms with Crippen LogP contribution in [0.4, 0.5) is 10.5 Å². The van der Waals surface area contributed by atoms with Crippen LogP contribution in [0.25, 0.3) is 6.08 Å². The van der Waals surface area contributed by atoms with Gasteiger partial charge in [0, 0.05) is 9.50 Å². The fourth-order valence-corrected chi connectivity index (χ4v) is 2.75. The van der Waals surface area contributed by atoms with E-state index in [0.717, 1.165) is 14.9 Å². The summed E-state index contributed by atoms with van der Waals surface area (Å²) >= 11 is 9.28. The Bertz CT molecular complexity index is 804. The quantitative estimate of drug-likeness (QED) is 0.630. The Kier molecular flexibility index (Phi) is 4.00. The molecule has 1 aliphatic heterocycles. The first-order chi connectivity index (χ1) is 10.5. The van der Waals surface area contributed by atoms with E-state index < -0.39 is 11.9 Å². The number of rotatable bonds is 2. The molecule has 3 amide bonds. The van der Waals surface area contributed by atoms with Crippen LogP contribution in [-0.2, 0) is 4.79 Å². The van der Waals surface area contributed by atoms with Crippen molar-refractivity contribution in [2.75, 3.05) is 4.90 Å². The van der Waals surface area contributed by atoms with Crippen molar-refractivity contribution < 1.29 is 9.59 Å². The molecule has 0 unspecified atom stereocenters. The molecule has 22 heavy (non-hydrogen) atoms. The van der Waals surface area contributed by atoms with Gasteiger partial charge in [0.15, 0.2) is 0 Å². The Morgan fingerprint density at radius 2 is 1.86 bits per heavy atom. The monoisotopic (exact) mass is 376 g/mol. The van der Waals surface area contributed by atoms with Crippen LogP contribution in [0.5, 0.6) is 0 Å². The smallest absolute Gasteiger partial charge is 0.302 e. The average molecular weight is 378 g/mol. The lowest BCUT2D eigenvalue weighted by Gasteiger charge is -2.11. The van der Waals surface area contributed by atoms with Crippen molar-refractivity contribution in [1.82, 2.24) is 5.32 Å². The minimum atomic E-state index is -0.492. The molecule has 3 rings (SSSR count). The summed E-state index contributed by atoms with van der Waals surface area (Å²) in [5.74, 6) is -0.410. The van der Waals surface area contributed by atoms with Crippen molar-refractivity contribution in [2.45, 2.75) is 0 Å². The van der Waals surface area contributed by atoms with E-state index in [0.29, 0.717) is 10.7 Å². The lowest BCUT2D eigenvalue weighted by atomic mass is 10.2. The predicted molar refractivity (Wildman–Crippen MR) is 89.6 cm³/mol. The summed E-state index contributed by atoms with van der Waals surface area (Å²) < 4.78 is 0.894. The zero-order chi connectivity index (χ0) is 15.7. The van der Waals surface area contributed by atoms with Crippen LogP contribution in [0.2, 0.25) is 5.02 Å². The van der Waals surface area contributed by atoms with Gasteiger partial charge in [-0.1, -0.05) is 45.7 Å². The number of hydrogen-bond donors (Lipinski definition) is 1. The molecule has 1 aliphatic rings. The van der Waals surface area contributed by atoms with Crippen molar-refractivity contribution in [3.8, 4) is 0 Å².